The van der Waals surface area contributed by atoms with Crippen LogP contribution in [-0.4, -0.2) is 29.3 Å². The molecule has 1 amide bonds. The van der Waals surface area contributed by atoms with Crippen LogP contribution >= 0.6 is 23.4 Å². The second-order valence-electron chi connectivity index (χ2n) is 5.86. The van der Waals surface area contributed by atoms with Crippen molar-refractivity contribution in [3.8, 4) is 0 Å². The molecule has 0 aromatic heterocycles. The standard InChI is InChI=1S/C17H22ClNO3S/c1-23-11-8-9-14(18)13(10-11)16(20)19-15-7-5-3-2-4-6-12(15)17(21)22/h8-10,12,15H,2-7H2,1H3,(H,19,20)(H,21,22). The zero-order chi connectivity index (χ0) is 16.8. The summed E-state index contributed by atoms with van der Waals surface area (Å²) in [6, 6.07) is 4.98. The van der Waals surface area contributed by atoms with Gasteiger partial charge in [-0.15, -0.1) is 11.8 Å². The van der Waals surface area contributed by atoms with Crippen LogP contribution in [0.1, 0.15) is 48.9 Å². The Hall–Kier alpha value is -1.20. The molecular weight excluding hydrogens is 334 g/mol. The van der Waals surface area contributed by atoms with Gasteiger partial charge < -0.3 is 10.4 Å². The van der Waals surface area contributed by atoms with E-state index in [-0.39, 0.29) is 11.9 Å². The van der Waals surface area contributed by atoms with Crippen LogP contribution in [0.15, 0.2) is 23.1 Å². The van der Waals surface area contributed by atoms with E-state index in [1.165, 1.54) is 11.8 Å². The molecule has 1 aromatic carbocycles. The Balaban J connectivity index is 2.17. The fraction of sp³-hybridized carbons (Fsp3) is 0.529. The molecule has 1 aromatic rings. The second kappa shape index (κ2) is 8.60. The van der Waals surface area contributed by atoms with Crippen LogP contribution in [0.3, 0.4) is 0 Å². The molecule has 0 heterocycles. The summed E-state index contributed by atoms with van der Waals surface area (Å²) >= 11 is 7.67. The first-order valence-corrected chi connectivity index (χ1v) is 9.50. The molecule has 1 fully saturated rings. The summed E-state index contributed by atoms with van der Waals surface area (Å²) in [4.78, 5) is 25.1. The van der Waals surface area contributed by atoms with Gasteiger partial charge in [0.05, 0.1) is 16.5 Å². The molecule has 126 valence electrons. The Bertz CT molecular complexity index is 579. The van der Waals surface area contributed by atoms with Crippen molar-refractivity contribution in [2.24, 2.45) is 5.92 Å². The lowest BCUT2D eigenvalue weighted by molar-refractivity contribution is -0.143. The predicted molar refractivity (Wildman–Crippen MR) is 93.3 cm³/mol. The molecule has 1 aliphatic carbocycles. The fourth-order valence-corrected chi connectivity index (χ4v) is 3.65. The maximum absolute atomic E-state index is 12.6. The molecule has 23 heavy (non-hydrogen) atoms. The van der Waals surface area contributed by atoms with Gasteiger partial charge in [-0.1, -0.05) is 37.3 Å². The molecule has 0 spiro atoms. The highest BCUT2D eigenvalue weighted by Crippen LogP contribution is 2.26. The maximum atomic E-state index is 12.6. The van der Waals surface area contributed by atoms with Crippen molar-refractivity contribution in [3.63, 3.8) is 0 Å². The number of carboxylic acid groups (broad SMARTS) is 1. The number of thioether (sulfide) groups is 1. The molecule has 0 aliphatic heterocycles. The van der Waals surface area contributed by atoms with Crippen LogP contribution in [0, 0.1) is 5.92 Å². The van der Waals surface area contributed by atoms with Crippen LogP contribution in [0.4, 0.5) is 0 Å². The van der Waals surface area contributed by atoms with E-state index in [0.29, 0.717) is 23.4 Å². The first-order valence-electron chi connectivity index (χ1n) is 7.90. The van der Waals surface area contributed by atoms with Gasteiger partial charge in [0.15, 0.2) is 0 Å². The summed E-state index contributed by atoms with van der Waals surface area (Å²) in [5, 5.41) is 12.8. The number of hydrogen-bond donors (Lipinski definition) is 2. The molecule has 2 atom stereocenters. The van der Waals surface area contributed by atoms with Crippen LogP contribution < -0.4 is 5.32 Å². The van der Waals surface area contributed by atoms with Crippen LogP contribution in [0.2, 0.25) is 5.02 Å². The molecule has 2 rings (SSSR count). The third-order valence-corrected chi connectivity index (χ3v) is 5.37. The predicted octanol–water partition coefficient (Wildman–Crippen LogP) is 4.22. The van der Waals surface area contributed by atoms with E-state index >= 15 is 0 Å². The van der Waals surface area contributed by atoms with Crippen LogP contribution in [0.25, 0.3) is 0 Å². The number of nitrogens with one attached hydrogen (secondary N) is 1. The number of carboxylic acids is 1. The molecule has 2 N–H and O–H groups in total. The van der Waals surface area contributed by atoms with Crippen LogP contribution in [0.5, 0.6) is 0 Å². The summed E-state index contributed by atoms with van der Waals surface area (Å²) < 4.78 is 0. The van der Waals surface area contributed by atoms with Gasteiger partial charge in [-0.05, 0) is 37.3 Å². The summed E-state index contributed by atoms with van der Waals surface area (Å²) in [6.45, 7) is 0. The minimum absolute atomic E-state index is 0.289. The van der Waals surface area contributed by atoms with Gasteiger partial charge >= 0.3 is 5.97 Å². The molecule has 4 nitrogen and oxygen atoms in total. The summed E-state index contributed by atoms with van der Waals surface area (Å²) in [6.07, 6.45) is 7.22. The molecule has 1 saturated carbocycles. The molecular formula is C17H22ClNO3S. The fourth-order valence-electron chi connectivity index (χ4n) is 3.00. The van der Waals surface area contributed by atoms with Crippen molar-refractivity contribution in [2.75, 3.05) is 6.26 Å². The number of halogens is 1. The third kappa shape index (κ3) is 4.88. The Morgan fingerprint density at radius 2 is 1.91 bits per heavy atom. The highest BCUT2D eigenvalue weighted by molar-refractivity contribution is 7.98. The Morgan fingerprint density at radius 3 is 2.57 bits per heavy atom. The molecule has 2 unspecified atom stereocenters. The van der Waals surface area contributed by atoms with Crippen molar-refractivity contribution in [1.29, 1.82) is 0 Å². The lowest BCUT2D eigenvalue weighted by Crippen LogP contribution is -2.44. The van der Waals surface area contributed by atoms with Gasteiger partial charge in [0.2, 0.25) is 0 Å². The second-order valence-corrected chi connectivity index (χ2v) is 7.15. The first kappa shape index (κ1) is 18.1. The molecule has 6 heteroatoms. The van der Waals surface area contributed by atoms with E-state index in [9.17, 15) is 14.7 Å². The summed E-state index contributed by atoms with van der Waals surface area (Å²) in [5.74, 6) is -1.65. The van der Waals surface area contributed by atoms with E-state index in [2.05, 4.69) is 5.32 Å². The first-order chi connectivity index (χ1) is 11.0. The lowest BCUT2D eigenvalue weighted by atomic mass is 9.86. The number of carbonyl (C=O) groups is 2. The summed E-state index contributed by atoms with van der Waals surface area (Å²) in [5.41, 5.74) is 0.407. The number of hydrogen-bond acceptors (Lipinski definition) is 3. The zero-order valence-electron chi connectivity index (χ0n) is 13.2. The van der Waals surface area contributed by atoms with Crippen LogP contribution in [-0.2, 0) is 4.79 Å². The van der Waals surface area contributed by atoms with Gasteiger partial charge in [-0.2, -0.15) is 0 Å². The lowest BCUT2D eigenvalue weighted by Gasteiger charge is -2.27. The minimum atomic E-state index is -0.832. The van der Waals surface area contributed by atoms with E-state index in [0.717, 1.165) is 30.6 Å². The van der Waals surface area contributed by atoms with E-state index < -0.39 is 11.9 Å². The number of rotatable bonds is 4. The molecule has 0 saturated heterocycles. The number of benzene rings is 1. The van der Waals surface area contributed by atoms with Crippen molar-refractivity contribution >= 4 is 35.2 Å². The van der Waals surface area contributed by atoms with Gasteiger partial charge in [0.25, 0.3) is 5.91 Å². The maximum Gasteiger partial charge on any atom is 0.308 e. The van der Waals surface area contributed by atoms with Gasteiger partial charge in [-0.3, -0.25) is 9.59 Å². The van der Waals surface area contributed by atoms with Gasteiger partial charge in [0.1, 0.15) is 0 Å². The van der Waals surface area contributed by atoms with Crippen molar-refractivity contribution in [1.82, 2.24) is 5.32 Å². The minimum Gasteiger partial charge on any atom is -0.481 e. The Labute approximate surface area is 146 Å². The van der Waals surface area contributed by atoms with Crippen molar-refractivity contribution < 1.29 is 14.7 Å². The SMILES string of the molecule is CSc1ccc(Cl)c(C(=O)NC2CCCCCCC2C(=O)O)c1. The molecule has 0 bridgehead atoms. The van der Waals surface area contributed by atoms with E-state index in [4.69, 9.17) is 11.6 Å². The summed E-state index contributed by atoms with van der Waals surface area (Å²) in [7, 11) is 0. The van der Waals surface area contributed by atoms with Crippen molar-refractivity contribution in [3.05, 3.63) is 28.8 Å². The monoisotopic (exact) mass is 355 g/mol. The zero-order valence-corrected chi connectivity index (χ0v) is 14.8. The third-order valence-electron chi connectivity index (χ3n) is 4.32. The Morgan fingerprint density at radius 1 is 1.22 bits per heavy atom. The average Bonchev–Trinajstić information content (AvgIpc) is 2.50. The number of amides is 1. The molecule has 1 aliphatic rings. The quantitative estimate of drug-likeness (QED) is 0.794. The number of carbonyl (C=O) groups excluding carboxylic acids is 1. The number of aliphatic carboxylic acids is 1. The highest BCUT2D eigenvalue weighted by atomic mass is 35.5. The average molecular weight is 356 g/mol. The van der Waals surface area contributed by atoms with E-state index in [1.54, 1.807) is 12.1 Å². The van der Waals surface area contributed by atoms with E-state index in [1.807, 2.05) is 12.3 Å². The highest BCUT2D eigenvalue weighted by Gasteiger charge is 2.30. The van der Waals surface area contributed by atoms with Gasteiger partial charge in [0, 0.05) is 10.9 Å². The smallest absolute Gasteiger partial charge is 0.308 e. The Kier molecular flexibility index (Phi) is 6.78. The van der Waals surface area contributed by atoms with Crippen molar-refractivity contribution in [2.45, 2.75) is 49.5 Å². The normalized spacial score (nSPS) is 22.0. The molecule has 0 radical (unpaired) electrons. The van der Waals surface area contributed by atoms with Gasteiger partial charge in [-0.25, -0.2) is 0 Å². The largest absolute Gasteiger partial charge is 0.481 e. The topological polar surface area (TPSA) is 66.4 Å².